The minimum absolute atomic E-state index is 0.208. The summed E-state index contributed by atoms with van der Waals surface area (Å²) in [6.07, 6.45) is 1.36. The van der Waals surface area contributed by atoms with E-state index in [-0.39, 0.29) is 11.1 Å². The van der Waals surface area contributed by atoms with E-state index < -0.39 is 11.7 Å². The van der Waals surface area contributed by atoms with Gasteiger partial charge in [0.05, 0.1) is 30.5 Å². The highest BCUT2D eigenvalue weighted by Gasteiger charge is 2.30. The summed E-state index contributed by atoms with van der Waals surface area (Å²) in [6, 6.07) is 9.96. The smallest absolute Gasteiger partial charge is 0.416 e. The third kappa shape index (κ3) is 4.70. The molecule has 0 amide bonds. The number of hydrogen-bond acceptors (Lipinski definition) is 5. The van der Waals surface area contributed by atoms with E-state index in [0.29, 0.717) is 34.3 Å². The first-order valence-corrected chi connectivity index (χ1v) is 11.4. The monoisotopic (exact) mass is 486 g/mol. The van der Waals surface area contributed by atoms with Crippen LogP contribution in [-0.4, -0.2) is 23.1 Å². The standard InChI is InChI=1S/C25H21F3N2O3S/c1-3-14-33-22-17(5-4-6-20(22)32-2)9-12-19-21(23(31)30-13-15-34-24(30)29-19)16-7-10-18(11-8-16)25(26,27)28/h4-13,15H,3,14H2,1-2H3/b12-9+. The third-order valence-corrected chi connectivity index (χ3v) is 5.85. The number of alkyl halides is 3. The Kier molecular flexibility index (Phi) is 6.74. The first-order valence-electron chi connectivity index (χ1n) is 10.5. The zero-order chi connectivity index (χ0) is 24.3. The van der Waals surface area contributed by atoms with Gasteiger partial charge in [-0.2, -0.15) is 13.2 Å². The van der Waals surface area contributed by atoms with E-state index in [0.717, 1.165) is 24.1 Å². The van der Waals surface area contributed by atoms with Crippen LogP contribution in [0.15, 0.2) is 58.8 Å². The van der Waals surface area contributed by atoms with Crippen LogP contribution in [0.3, 0.4) is 0 Å². The van der Waals surface area contributed by atoms with Crippen molar-refractivity contribution >= 4 is 28.4 Å². The van der Waals surface area contributed by atoms with Crippen molar-refractivity contribution in [2.24, 2.45) is 0 Å². The van der Waals surface area contributed by atoms with E-state index in [1.54, 1.807) is 36.9 Å². The fourth-order valence-electron chi connectivity index (χ4n) is 3.47. The summed E-state index contributed by atoms with van der Waals surface area (Å²) in [6.45, 7) is 2.49. The maximum Gasteiger partial charge on any atom is 0.416 e. The van der Waals surface area contributed by atoms with Crippen molar-refractivity contribution in [3.8, 4) is 22.6 Å². The highest BCUT2D eigenvalue weighted by molar-refractivity contribution is 7.15. The van der Waals surface area contributed by atoms with Crippen LogP contribution in [0.25, 0.3) is 28.2 Å². The van der Waals surface area contributed by atoms with Crippen molar-refractivity contribution in [2.75, 3.05) is 13.7 Å². The highest BCUT2D eigenvalue weighted by Crippen LogP contribution is 2.34. The summed E-state index contributed by atoms with van der Waals surface area (Å²) in [5.41, 5.74) is 0.473. The SMILES string of the molecule is CCCOc1c(/C=C/c2nc3sccn3c(=O)c2-c2ccc(C(F)(F)F)cc2)cccc1OC. The van der Waals surface area contributed by atoms with Gasteiger partial charge in [-0.25, -0.2) is 4.98 Å². The number of benzene rings is 2. The molecule has 5 nitrogen and oxygen atoms in total. The van der Waals surface area contributed by atoms with Crippen molar-refractivity contribution in [1.29, 1.82) is 0 Å². The molecule has 0 spiro atoms. The lowest BCUT2D eigenvalue weighted by atomic mass is 10.0. The van der Waals surface area contributed by atoms with Crippen molar-refractivity contribution < 1.29 is 22.6 Å². The first kappa shape index (κ1) is 23.6. The Morgan fingerprint density at radius 1 is 1.12 bits per heavy atom. The van der Waals surface area contributed by atoms with Gasteiger partial charge in [-0.15, -0.1) is 11.3 Å². The summed E-state index contributed by atoms with van der Waals surface area (Å²) in [4.78, 5) is 18.3. The van der Waals surface area contributed by atoms with Gasteiger partial charge < -0.3 is 9.47 Å². The quantitative estimate of drug-likeness (QED) is 0.303. The number of rotatable bonds is 7. The molecule has 0 fully saturated rings. The summed E-state index contributed by atoms with van der Waals surface area (Å²) in [5.74, 6) is 1.13. The van der Waals surface area contributed by atoms with Gasteiger partial charge >= 0.3 is 6.18 Å². The van der Waals surface area contributed by atoms with Crippen LogP contribution in [0.2, 0.25) is 0 Å². The van der Waals surface area contributed by atoms with Gasteiger partial charge in [0.2, 0.25) is 0 Å². The number of nitrogens with zero attached hydrogens (tertiary/aromatic N) is 2. The molecule has 176 valence electrons. The van der Waals surface area contributed by atoms with E-state index >= 15 is 0 Å². The molecule has 4 rings (SSSR count). The number of thiazole rings is 1. The van der Waals surface area contributed by atoms with E-state index in [4.69, 9.17) is 9.47 Å². The number of ether oxygens (including phenoxy) is 2. The largest absolute Gasteiger partial charge is 0.493 e. The molecule has 0 bridgehead atoms. The number of hydrogen-bond donors (Lipinski definition) is 0. The van der Waals surface area contributed by atoms with Gasteiger partial charge in [-0.1, -0.05) is 31.2 Å². The summed E-state index contributed by atoms with van der Waals surface area (Å²) < 4.78 is 51.8. The molecule has 0 radical (unpaired) electrons. The maximum absolute atomic E-state index is 13.2. The van der Waals surface area contributed by atoms with Gasteiger partial charge in [0.15, 0.2) is 16.5 Å². The second kappa shape index (κ2) is 9.72. The molecule has 0 atom stereocenters. The molecule has 2 aromatic carbocycles. The van der Waals surface area contributed by atoms with Crippen LogP contribution in [0, 0.1) is 0 Å². The van der Waals surface area contributed by atoms with Gasteiger partial charge in [0.1, 0.15) is 0 Å². The first-order chi connectivity index (χ1) is 16.3. The van der Waals surface area contributed by atoms with Crippen molar-refractivity contribution in [3.63, 3.8) is 0 Å². The Balaban J connectivity index is 1.84. The molecular formula is C25H21F3N2O3S. The van der Waals surface area contributed by atoms with Gasteiger partial charge in [0, 0.05) is 17.1 Å². The summed E-state index contributed by atoms with van der Waals surface area (Å²) >= 11 is 1.29. The molecule has 2 aromatic heterocycles. The molecule has 4 aromatic rings. The zero-order valence-corrected chi connectivity index (χ0v) is 19.2. The molecule has 34 heavy (non-hydrogen) atoms. The van der Waals surface area contributed by atoms with E-state index in [9.17, 15) is 18.0 Å². The fraction of sp³-hybridized carbons (Fsp3) is 0.200. The van der Waals surface area contributed by atoms with E-state index in [2.05, 4.69) is 4.98 Å². The second-order valence-electron chi connectivity index (χ2n) is 7.37. The van der Waals surface area contributed by atoms with Gasteiger partial charge in [-0.3, -0.25) is 9.20 Å². The molecule has 0 aliphatic heterocycles. The molecular weight excluding hydrogens is 465 g/mol. The number of aromatic nitrogens is 2. The molecule has 9 heteroatoms. The minimum Gasteiger partial charge on any atom is -0.493 e. The molecule has 2 heterocycles. The van der Waals surface area contributed by atoms with Crippen LogP contribution in [0.5, 0.6) is 11.5 Å². The topological polar surface area (TPSA) is 52.8 Å². The normalized spacial score (nSPS) is 11.9. The summed E-state index contributed by atoms with van der Waals surface area (Å²) in [5, 5.41) is 1.73. The van der Waals surface area contributed by atoms with E-state index in [1.165, 1.54) is 27.9 Å². The van der Waals surface area contributed by atoms with Crippen molar-refractivity contribution in [1.82, 2.24) is 9.38 Å². The molecule has 0 saturated carbocycles. The third-order valence-electron chi connectivity index (χ3n) is 5.10. The van der Waals surface area contributed by atoms with E-state index in [1.807, 2.05) is 19.1 Å². The predicted octanol–water partition coefficient (Wildman–Crippen LogP) is 6.41. The maximum atomic E-state index is 13.2. The van der Waals surface area contributed by atoms with Crippen molar-refractivity contribution in [3.05, 3.63) is 81.2 Å². The lowest BCUT2D eigenvalue weighted by Gasteiger charge is -2.13. The van der Waals surface area contributed by atoms with Crippen LogP contribution in [0.4, 0.5) is 13.2 Å². The number of methoxy groups -OCH3 is 1. The van der Waals surface area contributed by atoms with Crippen LogP contribution < -0.4 is 15.0 Å². The Bertz CT molecular complexity index is 1390. The van der Waals surface area contributed by atoms with Gasteiger partial charge in [0.25, 0.3) is 5.56 Å². The zero-order valence-electron chi connectivity index (χ0n) is 18.4. The molecule has 0 aliphatic carbocycles. The minimum atomic E-state index is -4.47. The fourth-order valence-corrected chi connectivity index (χ4v) is 4.18. The van der Waals surface area contributed by atoms with Crippen LogP contribution >= 0.6 is 11.3 Å². The average Bonchev–Trinajstić information content (AvgIpc) is 3.30. The second-order valence-corrected chi connectivity index (χ2v) is 8.24. The Morgan fingerprint density at radius 3 is 2.56 bits per heavy atom. The predicted molar refractivity (Wildman–Crippen MR) is 127 cm³/mol. The Hall–Kier alpha value is -3.59. The number of para-hydroxylation sites is 1. The molecule has 0 N–H and O–H groups in total. The van der Waals surface area contributed by atoms with Crippen LogP contribution in [0.1, 0.15) is 30.2 Å². The molecule has 0 aliphatic rings. The molecule has 0 unspecified atom stereocenters. The van der Waals surface area contributed by atoms with Crippen LogP contribution in [-0.2, 0) is 6.18 Å². The van der Waals surface area contributed by atoms with Crippen molar-refractivity contribution in [2.45, 2.75) is 19.5 Å². The lowest BCUT2D eigenvalue weighted by molar-refractivity contribution is -0.137. The Labute approximate surface area is 197 Å². The molecule has 0 saturated heterocycles. The average molecular weight is 487 g/mol. The summed E-state index contributed by atoms with van der Waals surface area (Å²) in [7, 11) is 1.55. The highest BCUT2D eigenvalue weighted by atomic mass is 32.1. The number of halogens is 3. The lowest BCUT2D eigenvalue weighted by Crippen LogP contribution is -2.17. The van der Waals surface area contributed by atoms with Gasteiger partial charge in [-0.05, 0) is 42.3 Å². The Morgan fingerprint density at radius 2 is 1.88 bits per heavy atom. The number of fused-ring (bicyclic) bond motifs is 1.